The Morgan fingerprint density at radius 3 is 2.26 bits per heavy atom. The number of carbonyl (C=O) groups is 1. The molecule has 2 rings (SSSR count). The van der Waals surface area contributed by atoms with Crippen LogP contribution < -0.4 is 16.4 Å². The minimum Gasteiger partial charge on any atom is -0.390 e. The average Bonchev–Trinajstić information content (AvgIpc) is 2.81. The van der Waals surface area contributed by atoms with Crippen LogP contribution in [0.2, 0.25) is 0 Å². The van der Waals surface area contributed by atoms with E-state index < -0.39 is 51.3 Å². The van der Waals surface area contributed by atoms with Crippen LogP contribution in [0.3, 0.4) is 0 Å². The first-order valence-corrected chi connectivity index (χ1v) is 14.0. The molecule has 1 amide bonds. The third kappa shape index (κ3) is 12.8. The molecule has 3 atom stereocenters. The molecule has 216 valence electrons. The standard InChI is InChI=1S/C26H37F2N3O4S.2ClH/c1-3-5-9-36(34,35)17-23(29)26(33)31-24(13-20-11-21(27)14-22(28)12-20)25(32)16-30-15-19-8-6-7-18(4-2)10-19;;/h6-8,10-12,14,23-25,30,32H,3-5,9,13,15-17,29H2,1-2H3,(H,31,33);2*1H/t23-,24-,25+;;/m0../s1. The zero-order valence-corrected chi connectivity index (χ0v) is 24.1. The Bertz CT molecular complexity index is 1090. The van der Waals surface area contributed by atoms with E-state index >= 15 is 0 Å². The maximum Gasteiger partial charge on any atom is 0.238 e. The number of halogens is 4. The molecule has 2 aromatic rings. The number of sulfone groups is 1. The van der Waals surface area contributed by atoms with E-state index in [2.05, 4.69) is 17.6 Å². The van der Waals surface area contributed by atoms with E-state index in [4.69, 9.17) is 5.73 Å². The second-order valence-corrected chi connectivity index (χ2v) is 11.3. The van der Waals surface area contributed by atoms with Gasteiger partial charge in [-0.1, -0.05) is 44.5 Å². The van der Waals surface area contributed by atoms with Crippen molar-refractivity contribution in [2.45, 2.75) is 64.3 Å². The van der Waals surface area contributed by atoms with Gasteiger partial charge >= 0.3 is 0 Å². The summed E-state index contributed by atoms with van der Waals surface area (Å²) < 4.78 is 51.9. The Morgan fingerprint density at radius 2 is 1.66 bits per heavy atom. The van der Waals surface area contributed by atoms with Crippen LogP contribution in [0.15, 0.2) is 42.5 Å². The molecule has 0 saturated carbocycles. The van der Waals surface area contributed by atoms with Crippen LogP contribution in [0, 0.1) is 11.6 Å². The highest BCUT2D eigenvalue weighted by atomic mass is 35.5. The second-order valence-electron chi connectivity index (χ2n) is 9.04. The number of nitrogens with two attached hydrogens (primary N) is 1. The fraction of sp³-hybridized carbons (Fsp3) is 0.500. The molecular formula is C26H39Cl2F2N3O4S. The maximum absolute atomic E-state index is 13.7. The van der Waals surface area contributed by atoms with Gasteiger partial charge in [0.05, 0.1) is 29.7 Å². The van der Waals surface area contributed by atoms with Crippen LogP contribution in [0.4, 0.5) is 8.78 Å². The van der Waals surface area contributed by atoms with Gasteiger partial charge in [-0.15, -0.1) is 24.8 Å². The quantitative estimate of drug-likeness (QED) is 0.250. The normalized spacial score (nSPS) is 13.5. The lowest BCUT2D eigenvalue weighted by Gasteiger charge is -2.26. The van der Waals surface area contributed by atoms with Gasteiger partial charge < -0.3 is 21.5 Å². The molecule has 0 heterocycles. The number of aliphatic hydroxyl groups is 1. The Labute approximate surface area is 236 Å². The molecule has 0 aliphatic carbocycles. The number of aryl methyl sites for hydroxylation is 1. The summed E-state index contributed by atoms with van der Waals surface area (Å²) >= 11 is 0. The summed E-state index contributed by atoms with van der Waals surface area (Å²) in [5.41, 5.74) is 8.29. The van der Waals surface area contributed by atoms with E-state index in [0.717, 1.165) is 30.2 Å². The Balaban J connectivity index is 0.00000684. The highest BCUT2D eigenvalue weighted by molar-refractivity contribution is 7.91. The zero-order valence-electron chi connectivity index (χ0n) is 21.7. The van der Waals surface area contributed by atoms with Gasteiger partial charge in [0.1, 0.15) is 11.6 Å². The molecule has 0 unspecified atom stereocenters. The van der Waals surface area contributed by atoms with Gasteiger partial charge in [0.25, 0.3) is 0 Å². The highest BCUT2D eigenvalue weighted by Gasteiger charge is 2.27. The summed E-state index contributed by atoms with van der Waals surface area (Å²) in [5.74, 6) is -2.91. The molecule has 38 heavy (non-hydrogen) atoms. The molecule has 5 N–H and O–H groups in total. The first kappa shape index (κ1) is 36.2. The SMILES string of the molecule is CCCCS(=O)(=O)C[C@H](N)C(=O)N[C@@H](Cc1cc(F)cc(F)c1)[C@H](O)CNCc1cccc(CC)c1.Cl.Cl. The molecule has 7 nitrogen and oxygen atoms in total. The van der Waals surface area contributed by atoms with Crippen molar-refractivity contribution in [1.82, 2.24) is 10.6 Å². The van der Waals surface area contributed by atoms with E-state index in [9.17, 15) is 27.1 Å². The lowest BCUT2D eigenvalue weighted by molar-refractivity contribution is -0.123. The van der Waals surface area contributed by atoms with Crippen molar-refractivity contribution in [3.63, 3.8) is 0 Å². The first-order chi connectivity index (χ1) is 17.0. The maximum atomic E-state index is 13.7. The van der Waals surface area contributed by atoms with Crippen LogP contribution in [0.1, 0.15) is 43.4 Å². The number of amides is 1. The Morgan fingerprint density at radius 1 is 1.03 bits per heavy atom. The molecule has 0 aliphatic rings. The number of nitrogens with one attached hydrogen (secondary N) is 2. The second kappa shape index (κ2) is 17.7. The van der Waals surface area contributed by atoms with Crippen molar-refractivity contribution in [3.8, 4) is 0 Å². The zero-order chi connectivity index (χ0) is 26.7. The number of rotatable bonds is 15. The summed E-state index contributed by atoms with van der Waals surface area (Å²) in [4.78, 5) is 12.7. The van der Waals surface area contributed by atoms with E-state index in [0.29, 0.717) is 19.4 Å². The van der Waals surface area contributed by atoms with Crippen LogP contribution in [0.25, 0.3) is 0 Å². The molecule has 2 aromatic carbocycles. The minimum absolute atomic E-state index is 0. The van der Waals surface area contributed by atoms with E-state index in [1.807, 2.05) is 31.2 Å². The summed E-state index contributed by atoms with van der Waals surface area (Å²) in [6.07, 6.45) is 0.830. The fourth-order valence-corrected chi connectivity index (χ4v) is 5.41. The topological polar surface area (TPSA) is 122 Å². The molecule has 0 spiro atoms. The first-order valence-electron chi connectivity index (χ1n) is 12.2. The predicted octanol–water partition coefficient (Wildman–Crippen LogP) is 3.09. The largest absolute Gasteiger partial charge is 0.390 e. The molecule has 0 bridgehead atoms. The van der Waals surface area contributed by atoms with Crippen LogP contribution in [-0.2, 0) is 34.0 Å². The van der Waals surface area contributed by atoms with Gasteiger partial charge in [-0.25, -0.2) is 17.2 Å². The van der Waals surface area contributed by atoms with Gasteiger partial charge in [-0.2, -0.15) is 0 Å². The van der Waals surface area contributed by atoms with Crippen LogP contribution >= 0.6 is 24.8 Å². The van der Waals surface area contributed by atoms with Crippen molar-refractivity contribution in [3.05, 3.63) is 70.8 Å². The molecule has 0 radical (unpaired) electrons. The van der Waals surface area contributed by atoms with Gasteiger partial charge in [-0.05, 0) is 48.1 Å². The molecular weight excluding hydrogens is 559 g/mol. The van der Waals surface area contributed by atoms with Gasteiger partial charge in [0.2, 0.25) is 5.91 Å². The molecule has 0 aromatic heterocycles. The molecule has 0 saturated heterocycles. The van der Waals surface area contributed by atoms with E-state index in [-0.39, 0.29) is 49.1 Å². The predicted molar refractivity (Wildman–Crippen MR) is 152 cm³/mol. The van der Waals surface area contributed by atoms with Crippen LogP contribution in [0.5, 0.6) is 0 Å². The number of benzene rings is 2. The van der Waals surface area contributed by atoms with Crippen molar-refractivity contribution in [2.75, 3.05) is 18.1 Å². The Kier molecular flexibility index (Phi) is 16.9. The molecule has 0 fully saturated rings. The van der Waals surface area contributed by atoms with Crippen LogP contribution in [-0.4, -0.2) is 55.7 Å². The van der Waals surface area contributed by atoms with Gasteiger partial charge in [0.15, 0.2) is 9.84 Å². The third-order valence-corrected chi connectivity index (χ3v) is 7.61. The van der Waals surface area contributed by atoms with E-state index in [1.54, 1.807) is 0 Å². The van der Waals surface area contributed by atoms with Crippen molar-refractivity contribution in [2.24, 2.45) is 5.73 Å². The monoisotopic (exact) mass is 597 g/mol. The summed E-state index contributed by atoms with van der Waals surface area (Å²) in [6.45, 7) is 4.45. The van der Waals surface area contributed by atoms with E-state index in [1.165, 1.54) is 5.56 Å². The average molecular weight is 599 g/mol. The molecule has 0 aliphatic heterocycles. The van der Waals surface area contributed by atoms with Crippen molar-refractivity contribution in [1.29, 1.82) is 0 Å². The van der Waals surface area contributed by atoms with Crippen molar-refractivity contribution < 1.29 is 27.1 Å². The summed E-state index contributed by atoms with van der Waals surface area (Å²) in [7, 11) is -3.52. The Hall–Kier alpha value is -1.82. The number of aliphatic hydroxyl groups excluding tert-OH is 1. The summed E-state index contributed by atoms with van der Waals surface area (Å²) in [5, 5.41) is 16.6. The number of carbonyl (C=O) groups excluding carboxylic acids is 1. The summed E-state index contributed by atoms with van der Waals surface area (Å²) in [6, 6.07) is 8.64. The smallest absolute Gasteiger partial charge is 0.238 e. The fourth-order valence-electron chi connectivity index (χ4n) is 3.82. The van der Waals surface area contributed by atoms with Crippen molar-refractivity contribution >= 4 is 40.6 Å². The lowest BCUT2D eigenvalue weighted by atomic mass is 10.00. The third-order valence-electron chi connectivity index (χ3n) is 5.83. The lowest BCUT2D eigenvalue weighted by Crippen LogP contribution is -2.54. The molecule has 12 heteroatoms. The number of unbranched alkanes of at least 4 members (excludes halogenated alkanes) is 1. The highest BCUT2D eigenvalue weighted by Crippen LogP contribution is 2.13. The van der Waals surface area contributed by atoms with Gasteiger partial charge in [-0.3, -0.25) is 4.79 Å². The van der Waals surface area contributed by atoms with Gasteiger partial charge in [0, 0.05) is 19.2 Å². The minimum atomic E-state index is -3.52. The number of hydrogen-bond donors (Lipinski definition) is 4. The number of hydrogen-bond acceptors (Lipinski definition) is 6.